The maximum atomic E-state index is 12.7. The molecule has 2 aliphatic rings. The van der Waals surface area contributed by atoms with Crippen LogP contribution < -0.4 is 5.32 Å². The quantitative estimate of drug-likeness (QED) is 0.486. The van der Waals surface area contributed by atoms with Crippen molar-refractivity contribution >= 4 is 39.2 Å². The van der Waals surface area contributed by atoms with Crippen LogP contribution >= 0.6 is 23.1 Å². The fourth-order valence-corrected chi connectivity index (χ4v) is 6.20. The number of amides is 1. The number of hydrogen-bond donors (Lipinski definition) is 1. The van der Waals surface area contributed by atoms with E-state index in [-0.39, 0.29) is 11.2 Å². The lowest BCUT2D eigenvalue weighted by Gasteiger charge is -2.19. The van der Waals surface area contributed by atoms with Crippen LogP contribution in [-0.4, -0.2) is 27.2 Å². The molecule has 1 N–H and O–H groups in total. The molecular weight excluding hydrogens is 350 g/mol. The number of hydrogen-bond acceptors (Lipinski definition) is 5. The van der Waals surface area contributed by atoms with Gasteiger partial charge in [0.1, 0.15) is 16.2 Å². The average molecular weight is 376 g/mol. The first kappa shape index (κ1) is 17.3. The highest BCUT2D eigenvalue weighted by atomic mass is 32.2. The van der Waals surface area contributed by atoms with E-state index < -0.39 is 0 Å². The van der Waals surface area contributed by atoms with Crippen molar-refractivity contribution in [3.8, 4) is 0 Å². The summed E-state index contributed by atoms with van der Waals surface area (Å²) in [7, 11) is 0. The molecule has 2 aromatic rings. The molecule has 4 rings (SSSR count). The van der Waals surface area contributed by atoms with Gasteiger partial charge in [0.2, 0.25) is 5.91 Å². The summed E-state index contributed by atoms with van der Waals surface area (Å²) in [5.74, 6) is 0.149. The summed E-state index contributed by atoms with van der Waals surface area (Å²) in [6, 6.07) is 0.355. The zero-order valence-electron chi connectivity index (χ0n) is 14.7. The molecule has 6 heteroatoms. The van der Waals surface area contributed by atoms with Gasteiger partial charge < -0.3 is 5.32 Å². The Morgan fingerprint density at radius 1 is 1.20 bits per heavy atom. The maximum Gasteiger partial charge on any atom is 0.233 e. The summed E-state index contributed by atoms with van der Waals surface area (Å²) in [4.78, 5) is 24.2. The Kier molecular flexibility index (Phi) is 5.27. The second kappa shape index (κ2) is 7.62. The van der Waals surface area contributed by atoms with Gasteiger partial charge in [-0.3, -0.25) is 4.79 Å². The number of rotatable bonds is 4. The summed E-state index contributed by atoms with van der Waals surface area (Å²) >= 11 is 3.39. The van der Waals surface area contributed by atoms with Gasteiger partial charge in [-0.1, -0.05) is 37.4 Å². The minimum Gasteiger partial charge on any atom is -0.352 e. The van der Waals surface area contributed by atoms with E-state index in [2.05, 4.69) is 15.3 Å². The Morgan fingerprint density at radius 2 is 2.00 bits per heavy atom. The van der Waals surface area contributed by atoms with E-state index in [9.17, 15) is 4.79 Å². The van der Waals surface area contributed by atoms with E-state index in [1.807, 2.05) is 6.92 Å². The van der Waals surface area contributed by atoms with Crippen LogP contribution in [0.5, 0.6) is 0 Å². The predicted molar refractivity (Wildman–Crippen MR) is 104 cm³/mol. The molecule has 0 unspecified atom stereocenters. The van der Waals surface area contributed by atoms with Gasteiger partial charge in [0.05, 0.1) is 5.25 Å². The lowest BCUT2D eigenvalue weighted by Crippen LogP contribution is -2.39. The molecule has 0 spiro atoms. The Bertz CT molecular complexity index is 765. The van der Waals surface area contributed by atoms with Crippen molar-refractivity contribution in [1.29, 1.82) is 0 Å². The van der Waals surface area contributed by atoms with E-state index in [0.717, 1.165) is 35.5 Å². The highest BCUT2D eigenvalue weighted by Crippen LogP contribution is 2.40. The third-order valence-corrected chi connectivity index (χ3v) is 7.63. The lowest BCUT2D eigenvalue weighted by molar-refractivity contribution is -0.121. The molecule has 0 bridgehead atoms. The van der Waals surface area contributed by atoms with Gasteiger partial charge in [0, 0.05) is 16.3 Å². The normalized spacial score (nSPS) is 19.6. The first-order valence-electron chi connectivity index (χ1n) is 9.44. The number of thioether (sulfide) groups is 1. The largest absolute Gasteiger partial charge is 0.352 e. The number of aromatic nitrogens is 2. The second-order valence-electron chi connectivity index (χ2n) is 7.17. The van der Waals surface area contributed by atoms with Gasteiger partial charge >= 0.3 is 0 Å². The molecule has 0 aromatic carbocycles. The van der Waals surface area contributed by atoms with Crippen molar-refractivity contribution in [3.63, 3.8) is 0 Å². The molecule has 25 heavy (non-hydrogen) atoms. The molecule has 1 fully saturated rings. The molecule has 2 heterocycles. The van der Waals surface area contributed by atoms with Crippen molar-refractivity contribution in [3.05, 3.63) is 16.8 Å². The van der Waals surface area contributed by atoms with Crippen molar-refractivity contribution in [2.75, 3.05) is 0 Å². The molecule has 134 valence electrons. The Morgan fingerprint density at radius 3 is 2.80 bits per heavy atom. The van der Waals surface area contributed by atoms with Crippen molar-refractivity contribution in [2.24, 2.45) is 0 Å². The van der Waals surface area contributed by atoms with E-state index in [4.69, 9.17) is 0 Å². The molecule has 0 aliphatic heterocycles. The zero-order chi connectivity index (χ0) is 17.2. The van der Waals surface area contributed by atoms with Crippen LogP contribution in [0.15, 0.2) is 11.4 Å². The highest BCUT2D eigenvalue weighted by Gasteiger charge is 2.25. The van der Waals surface area contributed by atoms with Crippen LogP contribution in [-0.2, 0) is 17.6 Å². The van der Waals surface area contributed by atoms with Crippen LogP contribution in [0.1, 0.15) is 62.3 Å². The van der Waals surface area contributed by atoms with Gasteiger partial charge in [0.15, 0.2) is 0 Å². The Labute approximate surface area is 157 Å². The minimum absolute atomic E-state index is 0.127. The van der Waals surface area contributed by atoms with E-state index >= 15 is 0 Å². The number of carbonyl (C=O) groups is 1. The molecule has 0 saturated heterocycles. The van der Waals surface area contributed by atoms with E-state index in [0.29, 0.717) is 6.04 Å². The zero-order valence-corrected chi connectivity index (χ0v) is 16.3. The monoisotopic (exact) mass is 375 g/mol. The number of carbonyl (C=O) groups excluding carboxylic acids is 1. The summed E-state index contributed by atoms with van der Waals surface area (Å²) in [5, 5.41) is 5.33. The van der Waals surface area contributed by atoms with Crippen LogP contribution in [0.25, 0.3) is 10.2 Å². The van der Waals surface area contributed by atoms with E-state index in [1.54, 1.807) is 29.4 Å². The van der Waals surface area contributed by atoms with Crippen molar-refractivity contribution < 1.29 is 4.79 Å². The first-order valence-corrected chi connectivity index (χ1v) is 11.1. The third kappa shape index (κ3) is 3.70. The average Bonchev–Trinajstić information content (AvgIpc) is 3.08. The molecule has 1 atom stereocenters. The molecule has 4 nitrogen and oxygen atoms in total. The highest BCUT2D eigenvalue weighted by molar-refractivity contribution is 8.00. The summed E-state index contributed by atoms with van der Waals surface area (Å²) < 4.78 is 0. The fraction of sp³-hybridized carbons (Fsp3) is 0.632. The van der Waals surface area contributed by atoms with Gasteiger partial charge in [-0.15, -0.1) is 11.3 Å². The standard InChI is InChI=1S/C19H25N3OS2/c1-12(17(23)22-13-7-4-2-3-5-8-13)24-18-16-14-9-6-10-15(14)25-19(16)21-11-20-18/h11-13H,2-10H2,1H3,(H,22,23)/t12-/m1/s1. The maximum absolute atomic E-state index is 12.7. The summed E-state index contributed by atoms with van der Waals surface area (Å²) in [5.41, 5.74) is 1.43. The van der Waals surface area contributed by atoms with Crippen molar-refractivity contribution in [1.82, 2.24) is 15.3 Å². The Balaban J connectivity index is 1.48. The second-order valence-corrected chi connectivity index (χ2v) is 9.59. The first-order chi connectivity index (χ1) is 12.2. The molecule has 2 aromatic heterocycles. The van der Waals surface area contributed by atoms with Gasteiger partial charge in [0.25, 0.3) is 0 Å². The van der Waals surface area contributed by atoms with Gasteiger partial charge in [-0.25, -0.2) is 9.97 Å². The van der Waals surface area contributed by atoms with Crippen LogP contribution in [0.4, 0.5) is 0 Å². The SMILES string of the molecule is C[C@@H](Sc1ncnc2sc3c(c12)CCC3)C(=O)NC1CCCCCC1. The number of fused-ring (bicyclic) bond motifs is 3. The summed E-state index contributed by atoms with van der Waals surface area (Å²) in [6.07, 6.45) is 12.5. The molecule has 1 amide bonds. The molecular formula is C19H25N3OS2. The topological polar surface area (TPSA) is 54.9 Å². The number of nitrogens with zero attached hydrogens (tertiary/aromatic N) is 2. The van der Waals surface area contributed by atoms with Crippen molar-refractivity contribution in [2.45, 2.75) is 81.0 Å². The summed E-state index contributed by atoms with van der Waals surface area (Å²) in [6.45, 7) is 2.00. The van der Waals surface area contributed by atoms with Gasteiger partial charge in [-0.2, -0.15) is 0 Å². The smallest absolute Gasteiger partial charge is 0.233 e. The molecule has 1 saturated carbocycles. The van der Waals surface area contributed by atoms with Crippen LogP contribution in [0.2, 0.25) is 0 Å². The Hall–Kier alpha value is -1.14. The van der Waals surface area contributed by atoms with E-state index in [1.165, 1.54) is 47.9 Å². The number of nitrogens with one attached hydrogen (secondary N) is 1. The number of thiophene rings is 1. The minimum atomic E-state index is -0.127. The molecule has 2 aliphatic carbocycles. The van der Waals surface area contributed by atoms with Crippen LogP contribution in [0, 0.1) is 0 Å². The molecule has 0 radical (unpaired) electrons. The van der Waals surface area contributed by atoms with Gasteiger partial charge in [-0.05, 0) is 44.6 Å². The fourth-order valence-electron chi connectivity index (χ4n) is 3.95. The lowest BCUT2D eigenvalue weighted by atomic mass is 10.1. The number of aryl methyl sites for hydroxylation is 2. The predicted octanol–water partition coefficient (Wildman–Crippen LogP) is 4.50. The third-order valence-electron chi connectivity index (χ3n) is 5.33. The van der Waals surface area contributed by atoms with Crippen LogP contribution in [0.3, 0.4) is 0 Å².